The second kappa shape index (κ2) is 7.43. The molecule has 4 aliphatic carbocycles. The smallest absolute Gasteiger partial charge is 0.202 e. The van der Waals surface area contributed by atoms with Gasteiger partial charge in [0.1, 0.15) is 11.5 Å². The number of hydrogen-bond donors (Lipinski definition) is 2. The van der Waals surface area contributed by atoms with Crippen LogP contribution >= 0.6 is 0 Å². The van der Waals surface area contributed by atoms with E-state index in [-0.39, 0.29) is 46.3 Å². The molecule has 0 aromatic rings. The van der Waals surface area contributed by atoms with Crippen LogP contribution in [0.5, 0.6) is 0 Å². The van der Waals surface area contributed by atoms with E-state index in [1.54, 1.807) is 6.08 Å². The molecule has 2 N–H and O–H groups in total. The molecule has 5 aliphatic rings. The average Bonchev–Trinajstić information content (AvgIpc) is 3.15. The minimum absolute atomic E-state index is 0.0803. The summed E-state index contributed by atoms with van der Waals surface area (Å²) < 4.78 is 6.37. The monoisotopic (exact) mass is 486 g/mol. The van der Waals surface area contributed by atoms with Crippen molar-refractivity contribution in [1.82, 2.24) is 0 Å². The Labute approximate surface area is 211 Å². The molecular formula is C30H46O5. The van der Waals surface area contributed by atoms with Crippen LogP contribution in [-0.4, -0.2) is 39.6 Å². The van der Waals surface area contributed by atoms with Gasteiger partial charge in [-0.25, -0.2) is 0 Å². The summed E-state index contributed by atoms with van der Waals surface area (Å²) in [7, 11) is 0. The first kappa shape index (κ1) is 25.4. The molecule has 0 radical (unpaired) electrons. The predicted molar refractivity (Wildman–Crippen MR) is 134 cm³/mol. The topological polar surface area (TPSA) is 83.8 Å². The fourth-order valence-electron chi connectivity index (χ4n) is 10.3. The van der Waals surface area contributed by atoms with Gasteiger partial charge in [-0.2, -0.15) is 0 Å². The third-order valence-corrected chi connectivity index (χ3v) is 12.5. The van der Waals surface area contributed by atoms with Crippen molar-refractivity contribution in [3.8, 4) is 0 Å². The number of aliphatic hydroxyl groups is 2. The Bertz CT molecular complexity index is 981. The molecule has 1 aliphatic heterocycles. The van der Waals surface area contributed by atoms with Gasteiger partial charge in [0.05, 0.1) is 12.2 Å². The van der Waals surface area contributed by atoms with Crippen molar-refractivity contribution in [2.75, 3.05) is 0 Å². The van der Waals surface area contributed by atoms with Gasteiger partial charge in [0.25, 0.3) is 0 Å². The highest BCUT2D eigenvalue weighted by Crippen LogP contribution is 2.75. The summed E-state index contributed by atoms with van der Waals surface area (Å²) in [6.07, 6.45) is 5.10. The van der Waals surface area contributed by atoms with E-state index in [1.807, 2.05) is 20.8 Å². The van der Waals surface area contributed by atoms with Gasteiger partial charge >= 0.3 is 0 Å². The normalized spacial score (nSPS) is 53.1. The SMILES string of the molecule is CC(C)C1=CC(=O)[C@@](C)(C2[C@H](O)C[C@@]3(C)C4CCC5C(CC[C@@H](O)C5(C)C)[C@]4(C)C(=O)C[C@]23C)O1. The lowest BCUT2D eigenvalue weighted by atomic mass is 9.36. The third kappa shape index (κ3) is 2.94. The van der Waals surface area contributed by atoms with Crippen molar-refractivity contribution in [1.29, 1.82) is 0 Å². The molecule has 0 aromatic carbocycles. The zero-order valence-electron chi connectivity index (χ0n) is 23.0. The van der Waals surface area contributed by atoms with E-state index in [1.165, 1.54) is 0 Å². The molecule has 1 heterocycles. The summed E-state index contributed by atoms with van der Waals surface area (Å²) in [6.45, 7) is 16.9. The first-order valence-electron chi connectivity index (χ1n) is 13.9. The Morgan fingerprint density at radius 2 is 1.54 bits per heavy atom. The number of rotatable bonds is 2. The summed E-state index contributed by atoms with van der Waals surface area (Å²) in [5.41, 5.74) is -2.63. The third-order valence-electron chi connectivity index (χ3n) is 12.5. The van der Waals surface area contributed by atoms with Gasteiger partial charge in [-0.3, -0.25) is 9.59 Å². The second-order valence-corrected chi connectivity index (χ2v) is 14.5. The Morgan fingerprint density at radius 3 is 2.14 bits per heavy atom. The molecule has 196 valence electrons. The molecule has 4 saturated carbocycles. The van der Waals surface area contributed by atoms with Crippen LogP contribution < -0.4 is 0 Å². The van der Waals surface area contributed by atoms with Crippen LogP contribution in [0.4, 0.5) is 0 Å². The van der Waals surface area contributed by atoms with E-state index in [0.29, 0.717) is 24.5 Å². The molecule has 0 spiro atoms. The van der Waals surface area contributed by atoms with Gasteiger partial charge in [0.15, 0.2) is 5.60 Å². The lowest BCUT2D eigenvalue weighted by Crippen LogP contribution is -2.66. The minimum atomic E-state index is -1.15. The summed E-state index contributed by atoms with van der Waals surface area (Å²) in [6, 6.07) is 0. The van der Waals surface area contributed by atoms with Crippen LogP contribution in [0.25, 0.3) is 0 Å². The quantitative estimate of drug-likeness (QED) is 0.569. The standard InChI is InChI=1S/C30H46O5/c1-16(2)20-13-23(33)30(8,35-20)25-19(31)14-27(5)21-11-9-17-18(10-12-22(32)26(17,3)4)29(21,7)24(34)15-28(25,27)6/h13,16-19,21-22,25,31-32H,9-12,14-15H2,1-8H3/t17?,18?,19-,21?,22-,25?,27+,28-,29+,30+/m1/s1. The lowest BCUT2D eigenvalue weighted by Gasteiger charge is -2.67. The predicted octanol–water partition coefficient (Wildman–Crippen LogP) is 5.08. The van der Waals surface area contributed by atoms with E-state index < -0.39 is 28.5 Å². The van der Waals surface area contributed by atoms with Gasteiger partial charge in [-0.05, 0) is 73.0 Å². The molecule has 5 heteroatoms. The highest BCUT2D eigenvalue weighted by molar-refractivity contribution is 6.00. The number of ketones is 2. The van der Waals surface area contributed by atoms with Crippen LogP contribution in [0.15, 0.2) is 11.8 Å². The van der Waals surface area contributed by atoms with Crippen molar-refractivity contribution in [3.05, 3.63) is 11.8 Å². The fourth-order valence-corrected chi connectivity index (χ4v) is 10.3. The summed E-state index contributed by atoms with van der Waals surface area (Å²) >= 11 is 0. The number of carbonyl (C=O) groups is 2. The molecule has 5 nitrogen and oxygen atoms in total. The van der Waals surface area contributed by atoms with Crippen LogP contribution in [-0.2, 0) is 14.3 Å². The highest BCUT2D eigenvalue weighted by atomic mass is 16.5. The molecule has 0 bridgehead atoms. The molecule has 4 unspecified atom stereocenters. The fraction of sp³-hybridized carbons (Fsp3) is 0.867. The zero-order valence-corrected chi connectivity index (χ0v) is 23.0. The molecule has 0 aromatic heterocycles. The van der Waals surface area contributed by atoms with E-state index in [0.717, 1.165) is 25.7 Å². The lowest BCUT2D eigenvalue weighted by molar-refractivity contribution is -0.208. The van der Waals surface area contributed by atoms with Crippen molar-refractivity contribution in [2.45, 2.75) is 112 Å². The first-order valence-corrected chi connectivity index (χ1v) is 13.9. The Hall–Kier alpha value is -1.20. The van der Waals surface area contributed by atoms with Crippen molar-refractivity contribution >= 4 is 11.6 Å². The number of ether oxygens (including phenoxy) is 1. The summed E-state index contributed by atoms with van der Waals surface area (Å²) in [5, 5.41) is 22.4. The number of fused-ring (bicyclic) bond motifs is 5. The van der Waals surface area contributed by atoms with Crippen LogP contribution in [0.2, 0.25) is 0 Å². The molecular weight excluding hydrogens is 440 g/mol. The molecule has 0 amide bonds. The van der Waals surface area contributed by atoms with Gasteiger partial charge in [-0.1, -0.05) is 48.5 Å². The second-order valence-electron chi connectivity index (χ2n) is 14.5. The van der Waals surface area contributed by atoms with Crippen molar-refractivity contribution < 1.29 is 24.5 Å². The molecule has 10 atom stereocenters. The maximum atomic E-state index is 14.3. The first-order chi connectivity index (χ1) is 16.0. The van der Waals surface area contributed by atoms with Crippen LogP contribution in [0.1, 0.15) is 93.9 Å². The van der Waals surface area contributed by atoms with E-state index in [2.05, 4.69) is 34.6 Å². The molecule has 0 saturated heterocycles. The van der Waals surface area contributed by atoms with Gasteiger partial charge in [0, 0.05) is 29.7 Å². The number of hydrogen-bond acceptors (Lipinski definition) is 5. The van der Waals surface area contributed by atoms with E-state index in [9.17, 15) is 19.8 Å². The van der Waals surface area contributed by atoms with Crippen LogP contribution in [0.3, 0.4) is 0 Å². The van der Waals surface area contributed by atoms with E-state index >= 15 is 0 Å². The van der Waals surface area contributed by atoms with Crippen molar-refractivity contribution in [3.63, 3.8) is 0 Å². The average molecular weight is 487 g/mol. The summed E-state index contributed by atoms with van der Waals surface area (Å²) in [4.78, 5) is 27.7. The maximum absolute atomic E-state index is 14.3. The number of Topliss-reactive ketones (excluding diaryl/α,β-unsaturated/α-hetero) is 1. The molecule has 5 rings (SSSR count). The highest BCUT2D eigenvalue weighted by Gasteiger charge is 2.76. The number of aliphatic hydroxyl groups excluding tert-OH is 2. The zero-order chi connectivity index (χ0) is 25.9. The molecule has 35 heavy (non-hydrogen) atoms. The van der Waals surface area contributed by atoms with Gasteiger partial charge in [0.2, 0.25) is 5.78 Å². The molecule has 4 fully saturated rings. The Morgan fingerprint density at radius 1 is 0.914 bits per heavy atom. The van der Waals surface area contributed by atoms with Crippen molar-refractivity contribution in [2.24, 2.45) is 51.2 Å². The van der Waals surface area contributed by atoms with Gasteiger partial charge < -0.3 is 14.9 Å². The Balaban J connectivity index is 1.56. The minimum Gasteiger partial charge on any atom is -0.483 e. The largest absolute Gasteiger partial charge is 0.483 e. The van der Waals surface area contributed by atoms with E-state index in [4.69, 9.17) is 4.74 Å². The van der Waals surface area contributed by atoms with Crippen LogP contribution in [0, 0.1) is 51.2 Å². The van der Waals surface area contributed by atoms with Gasteiger partial charge in [-0.15, -0.1) is 0 Å². The Kier molecular flexibility index (Phi) is 5.40. The maximum Gasteiger partial charge on any atom is 0.202 e. The number of carbonyl (C=O) groups excluding carboxylic acids is 2. The summed E-state index contributed by atoms with van der Waals surface area (Å²) in [5.74, 6) is 1.26. The number of allylic oxidation sites excluding steroid dienone is 1.